The Morgan fingerprint density at radius 2 is 0.593 bits per heavy atom. The van der Waals surface area contributed by atoms with Gasteiger partial charge in [-0.05, 0) is 150 Å². The van der Waals surface area contributed by atoms with E-state index in [0.29, 0.717) is 0 Å². The van der Waals surface area contributed by atoms with Gasteiger partial charge in [0, 0.05) is 36.5 Å². The van der Waals surface area contributed by atoms with E-state index in [9.17, 15) is 0 Å². The van der Waals surface area contributed by atoms with Crippen LogP contribution in [-0.4, -0.2) is 9.13 Å². The van der Waals surface area contributed by atoms with E-state index in [4.69, 9.17) is 0 Å². The van der Waals surface area contributed by atoms with E-state index in [1.807, 2.05) is 0 Å². The standard InChI is InChI=1S/C56H35IN2/c57-40-26-30-42(31-27-40)59-52-21-11-9-15-44(52)50-35-39(25-33-54(50)59)38-24-32-53-49(34-38)43-14-8-10-20-51(43)58(53)41-28-22-37(23-29-41)56-47-18-6-4-16-45(47)55(36-12-2-1-3-13-36)46-17-5-7-19-48(46)56/h1-35H. The van der Waals surface area contributed by atoms with Crippen molar-refractivity contribution in [3.8, 4) is 44.8 Å². The lowest BCUT2D eigenvalue weighted by Crippen LogP contribution is -1.95. The van der Waals surface area contributed by atoms with Crippen molar-refractivity contribution in [2.24, 2.45) is 0 Å². The minimum Gasteiger partial charge on any atom is -0.309 e. The third kappa shape index (κ3) is 5.38. The van der Waals surface area contributed by atoms with Gasteiger partial charge < -0.3 is 9.13 Å². The summed E-state index contributed by atoms with van der Waals surface area (Å²) in [5, 5.41) is 10.1. The number of fused-ring (bicyclic) bond motifs is 8. The van der Waals surface area contributed by atoms with Gasteiger partial charge in [-0.15, -0.1) is 0 Å². The summed E-state index contributed by atoms with van der Waals surface area (Å²) in [5.74, 6) is 0. The molecule has 0 spiro atoms. The van der Waals surface area contributed by atoms with Crippen molar-refractivity contribution in [1.82, 2.24) is 9.13 Å². The molecule has 276 valence electrons. The molecule has 0 bridgehead atoms. The van der Waals surface area contributed by atoms with Crippen molar-refractivity contribution in [2.45, 2.75) is 0 Å². The van der Waals surface area contributed by atoms with Gasteiger partial charge in [0.15, 0.2) is 0 Å². The van der Waals surface area contributed by atoms with Crippen LogP contribution in [-0.2, 0) is 0 Å². The molecule has 2 nitrogen and oxygen atoms in total. The molecule has 12 rings (SSSR count). The summed E-state index contributed by atoms with van der Waals surface area (Å²) >= 11 is 2.38. The number of aromatic nitrogens is 2. The highest BCUT2D eigenvalue weighted by molar-refractivity contribution is 14.1. The van der Waals surface area contributed by atoms with Crippen LogP contribution < -0.4 is 0 Å². The van der Waals surface area contributed by atoms with Crippen LogP contribution in [0.25, 0.3) is 110 Å². The zero-order valence-corrected chi connectivity index (χ0v) is 34.1. The van der Waals surface area contributed by atoms with E-state index in [1.165, 1.54) is 108 Å². The molecule has 0 unspecified atom stereocenters. The molecule has 59 heavy (non-hydrogen) atoms. The van der Waals surface area contributed by atoms with Gasteiger partial charge in [-0.1, -0.05) is 140 Å². The average Bonchev–Trinajstić information content (AvgIpc) is 3.81. The number of nitrogens with zero attached hydrogens (tertiary/aromatic N) is 2. The molecule has 0 saturated heterocycles. The molecule has 0 radical (unpaired) electrons. The lowest BCUT2D eigenvalue weighted by Gasteiger charge is -2.18. The first-order valence-electron chi connectivity index (χ1n) is 20.1. The molecular weight excluding hydrogens is 828 g/mol. The molecule has 0 aliphatic heterocycles. The van der Waals surface area contributed by atoms with Crippen molar-refractivity contribution < 1.29 is 0 Å². The second-order valence-corrected chi connectivity index (χ2v) is 16.6. The number of hydrogen-bond acceptors (Lipinski definition) is 0. The largest absolute Gasteiger partial charge is 0.309 e. The van der Waals surface area contributed by atoms with Crippen LogP contribution in [0.3, 0.4) is 0 Å². The highest BCUT2D eigenvalue weighted by atomic mass is 127. The summed E-state index contributed by atoms with van der Waals surface area (Å²) < 4.78 is 6.04. The summed E-state index contributed by atoms with van der Waals surface area (Å²) in [4.78, 5) is 0. The molecule has 2 heterocycles. The maximum atomic E-state index is 2.42. The van der Waals surface area contributed by atoms with Gasteiger partial charge >= 0.3 is 0 Å². The number of hydrogen-bond donors (Lipinski definition) is 0. The Hall–Kier alpha value is -6.95. The number of halogens is 1. The Bertz CT molecular complexity index is 3540. The zero-order chi connectivity index (χ0) is 39.0. The van der Waals surface area contributed by atoms with Crippen LogP contribution in [0, 0.1) is 3.57 Å². The quantitative estimate of drug-likeness (QED) is 0.121. The predicted octanol–water partition coefficient (Wildman–Crippen LogP) is 15.8. The second kappa shape index (κ2) is 13.6. The summed E-state index contributed by atoms with van der Waals surface area (Å²) in [6, 6.07) is 78.0. The van der Waals surface area contributed by atoms with Crippen LogP contribution in [0.1, 0.15) is 0 Å². The van der Waals surface area contributed by atoms with Gasteiger partial charge in [0.1, 0.15) is 0 Å². The van der Waals surface area contributed by atoms with E-state index in [1.54, 1.807) is 0 Å². The summed E-state index contributed by atoms with van der Waals surface area (Å²) in [6.07, 6.45) is 0. The molecule has 0 amide bonds. The molecule has 12 aromatic rings. The fourth-order valence-corrected chi connectivity index (χ4v) is 9.94. The van der Waals surface area contributed by atoms with E-state index in [0.717, 1.165) is 5.69 Å². The van der Waals surface area contributed by atoms with Gasteiger partial charge in [-0.3, -0.25) is 0 Å². The first-order valence-corrected chi connectivity index (χ1v) is 21.2. The lowest BCUT2D eigenvalue weighted by molar-refractivity contribution is 1.18. The van der Waals surface area contributed by atoms with Gasteiger partial charge in [-0.2, -0.15) is 0 Å². The van der Waals surface area contributed by atoms with E-state index in [-0.39, 0.29) is 0 Å². The molecule has 2 aromatic heterocycles. The fraction of sp³-hybridized carbons (Fsp3) is 0. The summed E-state index contributed by atoms with van der Waals surface area (Å²) in [7, 11) is 0. The van der Waals surface area contributed by atoms with Crippen molar-refractivity contribution in [2.75, 3.05) is 0 Å². The van der Waals surface area contributed by atoms with Gasteiger partial charge in [0.05, 0.1) is 22.1 Å². The average molecular weight is 863 g/mol. The van der Waals surface area contributed by atoms with Crippen LogP contribution in [0.15, 0.2) is 212 Å². The molecule has 0 N–H and O–H groups in total. The molecule has 3 heteroatoms. The normalized spacial score (nSPS) is 11.8. The maximum absolute atomic E-state index is 2.42. The Kier molecular flexibility index (Phi) is 7.85. The van der Waals surface area contributed by atoms with Crippen molar-refractivity contribution in [3.05, 3.63) is 216 Å². The molecule has 0 aliphatic carbocycles. The minimum atomic E-state index is 1.15. The topological polar surface area (TPSA) is 9.86 Å². The first-order chi connectivity index (χ1) is 29.2. The monoisotopic (exact) mass is 862 g/mol. The minimum absolute atomic E-state index is 1.15. The molecule has 10 aromatic carbocycles. The highest BCUT2D eigenvalue weighted by Gasteiger charge is 2.19. The Balaban J connectivity index is 0.987. The predicted molar refractivity (Wildman–Crippen MR) is 259 cm³/mol. The number of benzene rings is 10. The van der Waals surface area contributed by atoms with E-state index >= 15 is 0 Å². The van der Waals surface area contributed by atoms with Crippen LogP contribution in [0.5, 0.6) is 0 Å². The highest BCUT2D eigenvalue weighted by Crippen LogP contribution is 2.44. The third-order valence-electron chi connectivity index (χ3n) is 12.2. The van der Waals surface area contributed by atoms with Gasteiger partial charge in [-0.25, -0.2) is 0 Å². The SMILES string of the molecule is Ic1ccc(-n2c3ccccc3c3cc(-c4ccc5c(c4)c4ccccc4n5-c4ccc(-c5c6ccccc6c(-c6ccccc6)c6ccccc56)cc4)ccc32)cc1. The molecule has 0 atom stereocenters. The first kappa shape index (κ1) is 34.1. The molecular formula is C56H35IN2. The van der Waals surface area contributed by atoms with Crippen molar-refractivity contribution in [1.29, 1.82) is 0 Å². The van der Waals surface area contributed by atoms with Crippen molar-refractivity contribution >= 4 is 87.7 Å². The Morgan fingerprint density at radius 3 is 1.05 bits per heavy atom. The Morgan fingerprint density at radius 1 is 0.254 bits per heavy atom. The number of para-hydroxylation sites is 2. The van der Waals surface area contributed by atoms with E-state index in [2.05, 4.69) is 244 Å². The lowest BCUT2D eigenvalue weighted by atomic mass is 9.86. The molecule has 0 aliphatic rings. The zero-order valence-electron chi connectivity index (χ0n) is 32.0. The smallest absolute Gasteiger partial charge is 0.0541 e. The van der Waals surface area contributed by atoms with E-state index < -0.39 is 0 Å². The molecule has 0 fully saturated rings. The fourth-order valence-electron chi connectivity index (χ4n) is 9.58. The van der Waals surface area contributed by atoms with Crippen LogP contribution in [0.2, 0.25) is 0 Å². The van der Waals surface area contributed by atoms with Gasteiger partial charge in [0.25, 0.3) is 0 Å². The maximum Gasteiger partial charge on any atom is 0.0541 e. The number of rotatable bonds is 5. The van der Waals surface area contributed by atoms with Crippen LogP contribution in [0.4, 0.5) is 0 Å². The Labute approximate surface area is 355 Å². The summed E-state index contributed by atoms with van der Waals surface area (Å²) in [6.45, 7) is 0. The van der Waals surface area contributed by atoms with Gasteiger partial charge in [0.2, 0.25) is 0 Å². The second-order valence-electron chi connectivity index (χ2n) is 15.4. The van der Waals surface area contributed by atoms with Crippen molar-refractivity contribution in [3.63, 3.8) is 0 Å². The van der Waals surface area contributed by atoms with Crippen LogP contribution >= 0.6 is 22.6 Å². The summed E-state index contributed by atoms with van der Waals surface area (Å²) in [5.41, 5.74) is 14.6. The molecule has 0 saturated carbocycles. The third-order valence-corrected chi connectivity index (χ3v) is 12.9.